The monoisotopic (exact) mass is 740 g/mol. The summed E-state index contributed by atoms with van der Waals surface area (Å²) in [6.07, 6.45) is -3.05. The van der Waals surface area contributed by atoms with E-state index in [1.165, 1.54) is 0 Å². The average molecular weight is 740 g/mol. The summed E-state index contributed by atoms with van der Waals surface area (Å²) in [7, 11) is 0. The molecule has 0 saturated carbocycles. The Bertz CT molecular complexity index is 877. The van der Waals surface area contributed by atoms with Crippen LogP contribution in [-0.4, -0.2) is 85.8 Å². The molecule has 6 atom stereocenters. The van der Waals surface area contributed by atoms with Crippen LogP contribution in [0, 0.1) is 0 Å². The van der Waals surface area contributed by atoms with Crippen LogP contribution in [0.4, 0.5) is 0 Å². The van der Waals surface area contributed by atoms with Crippen molar-refractivity contribution in [3.63, 3.8) is 0 Å². The van der Waals surface area contributed by atoms with Crippen LogP contribution >= 0.6 is 45.2 Å². The Balaban J connectivity index is 1.52. The Labute approximate surface area is 245 Å². The Hall–Kier alpha value is -0.580. The maximum absolute atomic E-state index is 6.46. The lowest BCUT2D eigenvalue weighted by Gasteiger charge is -2.48. The van der Waals surface area contributed by atoms with E-state index in [1.807, 2.05) is 60.7 Å². The van der Waals surface area contributed by atoms with Gasteiger partial charge in [0.05, 0.1) is 46.2 Å². The molecule has 2 aliphatic rings. The van der Waals surface area contributed by atoms with E-state index in [0.717, 1.165) is 14.4 Å². The van der Waals surface area contributed by atoms with Crippen molar-refractivity contribution in [1.82, 2.24) is 0 Å². The minimum absolute atomic E-state index is 0.343. The third-order valence-corrected chi connectivity index (χ3v) is 6.75. The van der Waals surface area contributed by atoms with E-state index in [0.29, 0.717) is 52.0 Å². The maximum atomic E-state index is 6.46. The van der Waals surface area contributed by atoms with Crippen LogP contribution in [0.1, 0.15) is 11.9 Å². The van der Waals surface area contributed by atoms with Crippen molar-refractivity contribution in [1.29, 1.82) is 0 Å². The van der Waals surface area contributed by atoms with Gasteiger partial charge in [0, 0.05) is 14.4 Å². The van der Waals surface area contributed by atoms with Crippen LogP contribution in [-0.2, 0) is 33.2 Å². The predicted octanol–water partition coefficient (Wildman–Crippen LogP) is 4.58. The Morgan fingerprint density at radius 1 is 0.703 bits per heavy atom. The van der Waals surface area contributed by atoms with Crippen molar-refractivity contribution < 1.29 is 37.9 Å². The second-order valence-electron chi connectivity index (χ2n) is 8.42. The molecule has 0 unspecified atom stereocenters. The molecule has 0 spiro atoms. The van der Waals surface area contributed by atoms with Gasteiger partial charge in [0.2, 0.25) is 6.29 Å². The Kier molecular flexibility index (Phi) is 13.1. The number of rotatable bonds is 15. The number of hydrogen-bond donors (Lipinski definition) is 0. The van der Waals surface area contributed by atoms with Gasteiger partial charge in [-0.25, -0.2) is 0 Å². The van der Waals surface area contributed by atoms with Gasteiger partial charge >= 0.3 is 0 Å². The number of fused-ring (bicyclic) bond motifs is 1. The molecule has 2 aromatic rings. The predicted molar refractivity (Wildman–Crippen MR) is 155 cm³/mol. The number of halogens is 2. The van der Waals surface area contributed by atoms with Gasteiger partial charge in [-0.2, -0.15) is 0 Å². The highest BCUT2D eigenvalue weighted by Gasteiger charge is 2.52. The van der Waals surface area contributed by atoms with Gasteiger partial charge < -0.3 is 37.9 Å². The highest BCUT2D eigenvalue weighted by molar-refractivity contribution is 14.1. The topological polar surface area (TPSA) is 73.8 Å². The van der Waals surface area contributed by atoms with Gasteiger partial charge in [-0.3, -0.25) is 0 Å². The molecular weight excluding hydrogens is 706 g/mol. The standard InChI is InChI=1S/C27H34I2O8/c28-11-13-30-15-17-32-24-23-22(19-34-26(37-23)20-7-3-1-4-8-20)36-27(35-21-9-5-2-6-10-21)25(24)33-18-16-31-14-12-29/h1-10,22-27H,11-19H2/t22-,23-,24+,25-,26-,27-/m1/s1. The molecule has 0 bridgehead atoms. The van der Waals surface area contributed by atoms with Crippen LogP contribution in [0.25, 0.3) is 0 Å². The summed E-state index contributed by atoms with van der Waals surface area (Å²) in [5.41, 5.74) is 0.942. The van der Waals surface area contributed by atoms with Crippen LogP contribution in [0.3, 0.4) is 0 Å². The van der Waals surface area contributed by atoms with Gasteiger partial charge in [-0.1, -0.05) is 93.7 Å². The van der Waals surface area contributed by atoms with Crippen LogP contribution in [0.15, 0.2) is 60.7 Å². The fraction of sp³-hybridized carbons (Fsp3) is 0.556. The molecule has 2 saturated heterocycles. The highest BCUT2D eigenvalue weighted by atomic mass is 127. The number of para-hydroxylation sites is 1. The molecule has 2 aliphatic heterocycles. The minimum atomic E-state index is -0.714. The molecule has 2 fully saturated rings. The first-order chi connectivity index (χ1) is 18.3. The lowest BCUT2D eigenvalue weighted by molar-refractivity contribution is -0.360. The van der Waals surface area contributed by atoms with Crippen molar-refractivity contribution in [2.24, 2.45) is 0 Å². The molecule has 204 valence electrons. The second kappa shape index (κ2) is 16.5. The Morgan fingerprint density at radius 3 is 1.97 bits per heavy atom. The Morgan fingerprint density at radius 2 is 1.32 bits per heavy atom. The highest BCUT2D eigenvalue weighted by Crippen LogP contribution is 2.37. The van der Waals surface area contributed by atoms with E-state index in [1.54, 1.807) is 0 Å². The minimum Gasteiger partial charge on any atom is -0.462 e. The van der Waals surface area contributed by atoms with Gasteiger partial charge in [-0.05, 0) is 12.1 Å². The molecule has 0 aromatic heterocycles. The molecule has 37 heavy (non-hydrogen) atoms. The normalized spacial score (nSPS) is 27.5. The summed E-state index contributed by atoms with van der Waals surface area (Å²) in [5.74, 6) is 0.685. The van der Waals surface area contributed by atoms with Crippen molar-refractivity contribution >= 4 is 45.2 Å². The lowest BCUT2D eigenvalue weighted by Crippen LogP contribution is -2.64. The molecule has 0 amide bonds. The molecule has 0 radical (unpaired) electrons. The average Bonchev–Trinajstić information content (AvgIpc) is 2.94. The molecule has 4 rings (SSSR count). The zero-order chi connectivity index (χ0) is 25.7. The third kappa shape index (κ3) is 8.97. The summed E-state index contributed by atoms with van der Waals surface area (Å²) in [4.78, 5) is 0. The quantitative estimate of drug-likeness (QED) is 0.150. The molecule has 0 aliphatic carbocycles. The lowest BCUT2D eigenvalue weighted by atomic mass is 9.97. The largest absolute Gasteiger partial charge is 0.462 e. The van der Waals surface area contributed by atoms with Crippen LogP contribution in [0.2, 0.25) is 0 Å². The summed E-state index contributed by atoms with van der Waals surface area (Å²) in [5, 5.41) is 0. The first-order valence-corrected chi connectivity index (χ1v) is 15.5. The van der Waals surface area contributed by atoms with E-state index in [9.17, 15) is 0 Å². The number of alkyl halides is 2. The summed E-state index contributed by atoms with van der Waals surface area (Å²) in [6.45, 7) is 3.41. The smallest absolute Gasteiger partial charge is 0.229 e. The fourth-order valence-electron chi connectivity index (χ4n) is 4.22. The summed E-state index contributed by atoms with van der Waals surface area (Å²) >= 11 is 4.58. The van der Waals surface area contributed by atoms with Crippen molar-refractivity contribution in [2.75, 3.05) is 55.1 Å². The van der Waals surface area contributed by atoms with E-state index in [2.05, 4.69) is 45.2 Å². The summed E-state index contributed by atoms with van der Waals surface area (Å²) in [6, 6.07) is 19.4. The zero-order valence-electron chi connectivity index (χ0n) is 20.6. The SMILES string of the molecule is ICCOCCO[C@@H]1[C@@H](OCCOCCI)[C@H](Oc2ccccc2)O[C@@H]2CO[C@@H](c3ccccc3)O[C@@H]12. The van der Waals surface area contributed by atoms with Gasteiger partial charge in [0.15, 0.2) is 6.29 Å². The van der Waals surface area contributed by atoms with E-state index in [-0.39, 0.29) is 6.10 Å². The van der Waals surface area contributed by atoms with Crippen LogP contribution in [0.5, 0.6) is 5.75 Å². The molecule has 10 heteroatoms. The third-order valence-electron chi connectivity index (χ3n) is 5.87. The van der Waals surface area contributed by atoms with Gasteiger partial charge in [-0.15, -0.1) is 0 Å². The first kappa shape index (κ1) is 29.4. The number of benzene rings is 2. The zero-order valence-corrected chi connectivity index (χ0v) is 24.9. The molecular formula is C27H34I2O8. The number of ether oxygens (including phenoxy) is 8. The maximum Gasteiger partial charge on any atom is 0.229 e. The van der Waals surface area contributed by atoms with Gasteiger partial charge in [0.25, 0.3) is 0 Å². The first-order valence-electron chi connectivity index (χ1n) is 12.5. The van der Waals surface area contributed by atoms with Crippen LogP contribution < -0.4 is 4.74 Å². The fourth-order valence-corrected chi connectivity index (χ4v) is 4.84. The summed E-state index contributed by atoms with van der Waals surface area (Å²) < 4.78 is 51.1. The molecule has 8 nitrogen and oxygen atoms in total. The number of hydrogen-bond acceptors (Lipinski definition) is 8. The molecule has 2 aromatic carbocycles. The van der Waals surface area contributed by atoms with E-state index < -0.39 is 30.9 Å². The van der Waals surface area contributed by atoms with E-state index in [4.69, 9.17) is 37.9 Å². The van der Waals surface area contributed by atoms with Crippen molar-refractivity contribution in [3.8, 4) is 5.75 Å². The molecule has 2 heterocycles. The van der Waals surface area contributed by atoms with Crippen molar-refractivity contribution in [3.05, 3.63) is 66.2 Å². The van der Waals surface area contributed by atoms with E-state index >= 15 is 0 Å². The second-order valence-corrected chi connectivity index (χ2v) is 10.6. The van der Waals surface area contributed by atoms with Gasteiger partial charge in [0.1, 0.15) is 30.2 Å². The van der Waals surface area contributed by atoms with Crippen molar-refractivity contribution in [2.45, 2.75) is 37.0 Å². The molecule has 0 N–H and O–H groups in total.